The fraction of sp³-hybridized carbons (Fsp3) is 0.786. The number of rotatable bonds is 10. The van der Waals surface area contributed by atoms with Crippen LogP contribution >= 0.6 is 0 Å². The molecule has 0 aromatic carbocycles. The molecule has 0 atom stereocenters. The van der Waals surface area contributed by atoms with Crippen molar-refractivity contribution in [3.05, 3.63) is 11.8 Å². The predicted molar refractivity (Wildman–Crippen MR) is 77.6 cm³/mol. The Bertz CT molecular complexity index is 390. The number of amides is 1. The van der Waals surface area contributed by atoms with Crippen molar-refractivity contribution in [1.82, 2.24) is 20.4 Å². The number of aromatic nitrogens is 2. The van der Waals surface area contributed by atoms with Crippen LogP contribution in [0.1, 0.15) is 55.6 Å². The van der Waals surface area contributed by atoms with Gasteiger partial charge in [-0.1, -0.05) is 26.2 Å². The van der Waals surface area contributed by atoms with E-state index in [1.807, 2.05) is 14.1 Å². The summed E-state index contributed by atoms with van der Waals surface area (Å²) in [5.74, 6) is 0.343. The van der Waals surface area contributed by atoms with Gasteiger partial charge in [-0.15, -0.1) is 10.2 Å². The molecule has 0 bridgehead atoms. The number of aryl methyl sites for hydroxylation is 1. The van der Waals surface area contributed by atoms with Crippen LogP contribution in [0.15, 0.2) is 4.42 Å². The average molecular weight is 282 g/mol. The zero-order chi connectivity index (χ0) is 14.8. The van der Waals surface area contributed by atoms with Gasteiger partial charge in [0.15, 0.2) is 0 Å². The first kappa shape index (κ1) is 16.6. The standard InChI is InChI=1S/C14H26N4O2/c1-4-5-6-7-9-12-16-17-14(20-12)13(19)15-10-8-11-18(2)3/h4-11H2,1-3H3,(H,15,19). The van der Waals surface area contributed by atoms with Crippen LogP contribution in [-0.2, 0) is 6.42 Å². The predicted octanol–water partition coefficient (Wildman–Crippen LogP) is 1.87. The molecule has 6 nitrogen and oxygen atoms in total. The minimum Gasteiger partial charge on any atom is -0.417 e. The van der Waals surface area contributed by atoms with Gasteiger partial charge in [-0.2, -0.15) is 0 Å². The van der Waals surface area contributed by atoms with E-state index >= 15 is 0 Å². The van der Waals surface area contributed by atoms with Crippen LogP contribution in [0, 0.1) is 0 Å². The molecule has 0 aliphatic rings. The van der Waals surface area contributed by atoms with E-state index in [0.29, 0.717) is 12.4 Å². The van der Waals surface area contributed by atoms with Crippen LogP contribution in [0.2, 0.25) is 0 Å². The van der Waals surface area contributed by atoms with Crippen molar-refractivity contribution < 1.29 is 9.21 Å². The molecule has 20 heavy (non-hydrogen) atoms. The van der Waals surface area contributed by atoms with Crippen LogP contribution in [0.3, 0.4) is 0 Å². The normalized spacial score (nSPS) is 11.0. The summed E-state index contributed by atoms with van der Waals surface area (Å²) in [5, 5.41) is 10.5. The Morgan fingerprint density at radius 3 is 2.70 bits per heavy atom. The topological polar surface area (TPSA) is 71.3 Å². The van der Waals surface area contributed by atoms with Crippen molar-refractivity contribution in [2.24, 2.45) is 0 Å². The number of nitrogens with one attached hydrogen (secondary N) is 1. The van der Waals surface area contributed by atoms with E-state index < -0.39 is 0 Å². The van der Waals surface area contributed by atoms with Gasteiger partial charge >= 0.3 is 11.8 Å². The molecule has 0 aliphatic heterocycles. The monoisotopic (exact) mass is 282 g/mol. The van der Waals surface area contributed by atoms with E-state index in [1.165, 1.54) is 12.8 Å². The molecule has 114 valence electrons. The molecule has 0 radical (unpaired) electrons. The zero-order valence-corrected chi connectivity index (χ0v) is 12.8. The van der Waals surface area contributed by atoms with Gasteiger partial charge in [-0.05, 0) is 33.5 Å². The second kappa shape index (κ2) is 9.47. The maximum atomic E-state index is 11.8. The van der Waals surface area contributed by atoms with E-state index in [0.717, 1.165) is 32.2 Å². The molecule has 0 aliphatic carbocycles. The van der Waals surface area contributed by atoms with Crippen molar-refractivity contribution in [1.29, 1.82) is 0 Å². The molecule has 0 fully saturated rings. The van der Waals surface area contributed by atoms with Crippen molar-refractivity contribution in [2.45, 2.75) is 45.4 Å². The van der Waals surface area contributed by atoms with Crippen LogP contribution in [0.4, 0.5) is 0 Å². The van der Waals surface area contributed by atoms with Gasteiger partial charge in [0.05, 0.1) is 0 Å². The summed E-state index contributed by atoms with van der Waals surface area (Å²) in [4.78, 5) is 13.8. The maximum Gasteiger partial charge on any atom is 0.308 e. The SMILES string of the molecule is CCCCCCc1nnc(C(=O)NCCCN(C)C)o1. The quantitative estimate of drug-likeness (QED) is 0.663. The van der Waals surface area contributed by atoms with Crippen molar-refractivity contribution in [3.63, 3.8) is 0 Å². The molecule has 0 unspecified atom stereocenters. The van der Waals surface area contributed by atoms with Crippen LogP contribution in [0.25, 0.3) is 0 Å². The van der Waals surface area contributed by atoms with Crippen molar-refractivity contribution in [2.75, 3.05) is 27.2 Å². The number of unbranched alkanes of at least 4 members (excludes halogenated alkanes) is 3. The van der Waals surface area contributed by atoms with E-state index in [-0.39, 0.29) is 11.8 Å². The first-order valence-electron chi connectivity index (χ1n) is 7.38. The highest BCUT2D eigenvalue weighted by molar-refractivity contribution is 5.89. The van der Waals surface area contributed by atoms with E-state index in [2.05, 4.69) is 27.3 Å². The lowest BCUT2D eigenvalue weighted by Crippen LogP contribution is -2.27. The minimum atomic E-state index is -0.281. The molecule has 0 saturated carbocycles. The summed E-state index contributed by atoms with van der Waals surface area (Å²) in [5.41, 5.74) is 0. The van der Waals surface area contributed by atoms with Gasteiger partial charge in [-0.3, -0.25) is 4.79 Å². The molecule has 1 N–H and O–H groups in total. The number of nitrogens with zero attached hydrogens (tertiary/aromatic N) is 3. The van der Waals surface area contributed by atoms with Crippen LogP contribution in [0.5, 0.6) is 0 Å². The molecule has 1 aromatic rings. The number of carbonyl (C=O) groups is 1. The first-order chi connectivity index (χ1) is 9.63. The summed E-state index contributed by atoms with van der Waals surface area (Å²) in [6.45, 7) is 3.73. The summed E-state index contributed by atoms with van der Waals surface area (Å²) < 4.78 is 5.36. The Hall–Kier alpha value is -1.43. The average Bonchev–Trinajstić information content (AvgIpc) is 2.88. The third-order valence-corrected chi connectivity index (χ3v) is 2.97. The lowest BCUT2D eigenvalue weighted by molar-refractivity contribution is 0.0915. The maximum absolute atomic E-state index is 11.8. The largest absolute Gasteiger partial charge is 0.417 e. The smallest absolute Gasteiger partial charge is 0.308 e. The molecule has 0 saturated heterocycles. The Morgan fingerprint density at radius 2 is 2.00 bits per heavy atom. The first-order valence-corrected chi connectivity index (χ1v) is 7.38. The van der Waals surface area contributed by atoms with Gasteiger partial charge in [0.1, 0.15) is 0 Å². The van der Waals surface area contributed by atoms with Gasteiger partial charge in [0.25, 0.3) is 0 Å². The highest BCUT2D eigenvalue weighted by Crippen LogP contribution is 2.07. The fourth-order valence-electron chi connectivity index (χ4n) is 1.82. The Kier molecular flexibility index (Phi) is 7.87. The third-order valence-electron chi connectivity index (χ3n) is 2.97. The molecular weight excluding hydrogens is 256 g/mol. The van der Waals surface area contributed by atoms with E-state index in [9.17, 15) is 4.79 Å². The Balaban J connectivity index is 2.25. The van der Waals surface area contributed by atoms with Gasteiger partial charge in [0, 0.05) is 13.0 Å². The zero-order valence-electron chi connectivity index (χ0n) is 12.8. The van der Waals surface area contributed by atoms with Crippen LogP contribution in [-0.4, -0.2) is 48.2 Å². The molecule has 1 aromatic heterocycles. The molecule has 1 rings (SSSR count). The van der Waals surface area contributed by atoms with Gasteiger partial charge < -0.3 is 14.6 Å². The lowest BCUT2D eigenvalue weighted by Gasteiger charge is -2.08. The second-order valence-corrected chi connectivity index (χ2v) is 5.22. The Labute approximate surface area is 120 Å². The summed E-state index contributed by atoms with van der Waals surface area (Å²) in [6, 6.07) is 0. The third kappa shape index (κ3) is 6.65. The van der Waals surface area contributed by atoms with Gasteiger partial charge in [-0.25, -0.2) is 0 Å². The summed E-state index contributed by atoms with van der Waals surface area (Å²) in [7, 11) is 4.01. The molecule has 0 spiro atoms. The molecule has 6 heteroatoms. The van der Waals surface area contributed by atoms with E-state index in [4.69, 9.17) is 4.42 Å². The van der Waals surface area contributed by atoms with Crippen molar-refractivity contribution in [3.8, 4) is 0 Å². The molecule has 1 amide bonds. The fourth-order valence-corrected chi connectivity index (χ4v) is 1.82. The van der Waals surface area contributed by atoms with Crippen LogP contribution < -0.4 is 5.32 Å². The number of hydrogen-bond donors (Lipinski definition) is 1. The lowest BCUT2D eigenvalue weighted by atomic mass is 10.1. The highest BCUT2D eigenvalue weighted by Gasteiger charge is 2.13. The number of carbonyl (C=O) groups excluding carboxylic acids is 1. The molecule has 1 heterocycles. The number of hydrogen-bond acceptors (Lipinski definition) is 5. The summed E-state index contributed by atoms with van der Waals surface area (Å²) >= 11 is 0. The minimum absolute atomic E-state index is 0.0698. The summed E-state index contributed by atoms with van der Waals surface area (Å²) in [6.07, 6.45) is 6.25. The highest BCUT2D eigenvalue weighted by atomic mass is 16.4. The van der Waals surface area contributed by atoms with Gasteiger partial charge in [0.2, 0.25) is 5.89 Å². The molecular formula is C14H26N4O2. The second-order valence-electron chi connectivity index (χ2n) is 5.22. The Morgan fingerprint density at radius 1 is 1.20 bits per heavy atom. The van der Waals surface area contributed by atoms with E-state index in [1.54, 1.807) is 0 Å². The van der Waals surface area contributed by atoms with Crippen molar-refractivity contribution >= 4 is 5.91 Å².